The average Bonchev–Trinajstić information content (AvgIpc) is 3.34. The van der Waals surface area contributed by atoms with Crippen molar-refractivity contribution in [3.63, 3.8) is 0 Å². The van der Waals surface area contributed by atoms with Gasteiger partial charge in [0, 0.05) is 43.8 Å². The van der Waals surface area contributed by atoms with Crippen molar-refractivity contribution in [2.45, 2.75) is 12.6 Å². The van der Waals surface area contributed by atoms with Crippen LogP contribution in [0.1, 0.15) is 27.5 Å². The van der Waals surface area contributed by atoms with E-state index in [2.05, 4.69) is 39.5 Å². The third-order valence-electron chi connectivity index (χ3n) is 6.18. The minimum absolute atomic E-state index is 0.148. The highest BCUT2D eigenvalue weighted by Crippen LogP contribution is 2.23. The van der Waals surface area contributed by atoms with E-state index in [9.17, 15) is 4.79 Å². The molecular weight excluding hydrogens is 438 g/mol. The summed E-state index contributed by atoms with van der Waals surface area (Å²) in [6, 6.07) is 23.9. The maximum Gasteiger partial charge on any atom is 0.255 e. The number of benzene rings is 2. The highest BCUT2D eigenvalue weighted by molar-refractivity contribution is 6.00. The fourth-order valence-corrected chi connectivity index (χ4v) is 4.35. The van der Waals surface area contributed by atoms with E-state index in [1.54, 1.807) is 12.4 Å². The average molecular weight is 468 g/mol. The number of nitrogens with zero attached hydrogens (tertiary/aromatic N) is 4. The number of nitrogens with one attached hydrogen (secondary N) is 1. The van der Waals surface area contributed by atoms with Gasteiger partial charge in [-0.1, -0.05) is 60.7 Å². The molecule has 7 heteroatoms. The lowest BCUT2D eigenvalue weighted by Gasteiger charge is -2.31. The zero-order chi connectivity index (χ0) is 23.9. The highest BCUT2D eigenvalue weighted by atomic mass is 16.5. The van der Waals surface area contributed by atoms with Crippen LogP contribution >= 0.6 is 0 Å². The van der Waals surface area contributed by atoms with Crippen LogP contribution in [-0.4, -0.2) is 58.4 Å². The van der Waals surface area contributed by atoms with Gasteiger partial charge in [0.15, 0.2) is 0 Å². The van der Waals surface area contributed by atoms with Crippen molar-refractivity contribution in [3.05, 3.63) is 108 Å². The number of carbonyl (C=O) groups is 1. The predicted octanol–water partition coefficient (Wildman–Crippen LogP) is 3.80. The normalized spacial score (nSPS) is 15.0. The van der Waals surface area contributed by atoms with Crippen molar-refractivity contribution >= 4 is 5.91 Å². The third-order valence-corrected chi connectivity index (χ3v) is 6.18. The molecule has 1 aliphatic rings. The van der Waals surface area contributed by atoms with Gasteiger partial charge >= 0.3 is 0 Å². The molecule has 1 aliphatic heterocycles. The molecule has 35 heavy (non-hydrogen) atoms. The first kappa shape index (κ1) is 23.0. The Morgan fingerprint density at radius 1 is 0.971 bits per heavy atom. The molecule has 1 N–H and O–H groups in total. The summed E-state index contributed by atoms with van der Waals surface area (Å²) in [4.78, 5) is 20.3. The van der Waals surface area contributed by atoms with Crippen LogP contribution in [0.4, 0.5) is 0 Å². The molecule has 2 aromatic carbocycles. The molecule has 0 aliphatic carbocycles. The fraction of sp³-hybridized carbons (Fsp3) is 0.250. The molecule has 5 rings (SSSR count). The number of aromatic nitrogens is 3. The van der Waals surface area contributed by atoms with E-state index >= 15 is 0 Å². The zero-order valence-electron chi connectivity index (χ0n) is 19.6. The van der Waals surface area contributed by atoms with Crippen LogP contribution in [-0.2, 0) is 11.3 Å². The van der Waals surface area contributed by atoms with E-state index in [1.807, 2.05) is 59.4 Å². The highest BCUT2D eigenvalue weighted by Gasteiger charge is 2.24. The minimum Gasteiger partial charge on any atom is -0.379 e. The van der Waals surface area contributed by atoms with Crippen LogP contribution in [0.15, 0.2) is 91.4 Å². The van der Waals surface area contributed by atoms with E-state index in [-0.39, 0.29) is 11.9 Å². The molecule has 1 amide bonds. The van der Waals surface area contributed by atoms with Crippen LogP contribution < -0.4 is 5.32 Å². The largest absolute Gasteiger partial charge is 0.379 e. The molecule has 0 radical (unpaired) electrons. The summed E-state index contributed by atoms with van der Waals surface area (Å²) in [5.41, 5.74) is 4.18. The van der Waals surface area contributed by atoms with Crippen molar-refractivity contribution in [3.8, 4) is 11.3 Å². The van der Waals surface area contributed by atoms with Gasteiger partial charge in [-0.3, -0.25) is 19.4 Å². The van der Waals surface area contributed by atoms with Crippen molar-refractivity contribution in [2.24, 2.45) is 0 Å². The summed E-state index contributed by atoms with van der Waals surface area (Å²) in [6.45, 7) is 4.45. The molecule has 0 saturated carbocycles. The Kier molecular flexibility index (Phi) is 7.27. The summed E-state index contributed by atoms with van der Waals surface area (Å²) < 4.78 is 7.33. The van der Waals surface area contributed by atoms with E-state index in [1.165, 1.54) is 0 Å². The lowest BCUT2D eigenvalue weighted by molar-refractivity contribution is 0.0332. The van der Waals surface area contributed by atoms with E-state index < -0.39 is 0 Å². The third kappa shape index (κ3) is 5.82. The van der Waals surface area contributed by atoms with Crippen molar-refractivity contribution < 1.29 is 9.53 Å². The van der Waals surface area contributed by atoms with Crippen LogP contribution in [0.2, 0.25) is 0 Å². The van der Waals surface area contributed by atoms with Gasteiger partial charge in [0.05, 0.1) is 31.4 Å². The van der Waals surface area contributed by atoms with Crippen LogP contribution in [0.3, 0.4) is 0 Å². The molecular formula is C28H29N5O2. The number of morpholine rings is 1. The number of amides is 1. The van der Waals surface area contributed by atoms with Gasteiger partial charge in [0.1, 0.15) is 5.69 Å². The first-order chi connectivity index (χ1) is 17.3. The first-order valence-electron chi connectivity index (χ1n) is 11.9. The quantitative estimate of drug-likeness (QED) is 0.427. The molecule has 0 unspecified atom stereocenters. The molecule has 7 nitrogen and oxygen atoms in total. The Hall–Kier alpha value is -3.81. The predicted molar refractivity (Wildman–Crippen MR) is 135 cm³/mol. The van der Waals surface area contributed by atoms with E-state index in [0.29, 0.717) is 31.0 Å². The van der Waals surface area contributed by atoms with Crippen LogP contribution in [0, 0.1) is 0 Å². The van der Waals surface area contributed by atoms with Gasteiger partial charge in [-0.25, -0.2) is 0 Å². The molecule has 0 spiro atoms. The van der Waals surface area contributed by atoms with E-state index in [4.69, 9.17) is 9.84 Å². The second kappa shape index (κ2) is 11.1. The van der Waals surface area contributed by atoms with Gasteiger partial charge < -0.3 is 10.1 Å². The van der Waals surface area contributed by atoms with Gasteiger partial charge in [0.2, 0.25) is 0 Å². The lowest BCUT2D eigenvalue weighted by Crippen LogP contribution is -2.43. The maximum atomic E-state index is 13.7. The van der Waals surface area contributed by atoms with Gasteiger partial charge in [-0.15, -0.1) is 0 Å². The Morgan fingerprint density at radius 3 is 2.43 bits per heavy atom. The first-order valence-corrected chi connectivity index (χ1v) is 11.9. The molecule has 2 aromatic heterocycles. The number of ether oxygens (including phenoxy) is 1. The fourth-order valence-electron chi connectivity index (χ4n) is 4.35. The number of rotatable bonds is 8. The van der Waals surface area contributed by atoms with Crippen molar-refractivity contribution in [2.75, 3.05) is 32.8 Å². The number of carbonyl (C=O) groups excluding carboxylic acids is 1. The monoisotopic (exact) mass is 467 g/mol. The van der Waals surface area contributed by atoms with Crippen molar-refractivity contribution in [1.29, 1.82) is 0 Å². The molecule has 1 saturated heterocycles. The Bertz CT molecular complexity index is 1220. The smallest absolute Gasteiger partial charge is 0.255 e. The zero-order valence-corrected chi connectivity index (χ0v) is 19.6. The molecule has 3 heterocycles. The van der Waals surface area contributed by atoms with Gasteiger partial charge in [-0.05, 0) is 23.3 Å². The number of hydrogen-bond acceptors (Lipinski definition) is 5. The number of hydrogen-bond donors (Lipinski definition) is 1. The molecule has 4 aromatic rings. The van der Waals surface area contributed by atoms with Crippen LogP contribution in [0.25, 0.3) is 11.3 Å². The van der Waals surface area contributed by atoms with E-state index in [0.717, 1.165) is 36.3 Å². The van der Waals surface area contributed by atoms with Crippen LogP contribution in [0.5, 0.6) is 0 Å². The Morgan fingerprint density at radius 2 is 1.71 bits per heavy atom. The molecule has 1 fully saturated rings. The summed E-state index contributed by atoms with van der Waals surface area (Å²) in [5, 5.41) is 8.07. The molecule has 1 atom stereocenters. The maximum absolute atomic E-state index is 13.7. The van der Waals surface area contributed by atoms with Gasteiger partial charge in [0.25, 0.3) is 5.91 Å². The second-order valence-electron chi connectivity index (χ2n) is 8.67. The topological polar surface area (TPSA) is 72.3 Å². The minimum atomic E-state index is -0.152. The van der Waals surface area contributed by atoms with Gasteiger partial charge in [-0.2, -0.15) is 5.10 Å². The Labute approximate surface area is 205 Å². The standard InChI is InChI=1S/C28H29N5O2/c34-28(30-26(23-10-5-2-6-11-23)21-32-14-16-35-17-15-32)25-20-33(19-22-8-3-1-4-9-22)31-27(25)24-12-7-13-29-18-24/h1-13,18,20,26H,14-17,19,21H2,(H,30,34)/t26-/m1/s1. The summed E-state index contributed by atoms with van der Waals surface area (Å²) in [7, 11) is 0. The SMILES string of the molecule is O=C(N[C@H](CN1CCOCC1)c1ccccc1)c1cn(Cc2ccccc2)nc1-c1cccnc1. The molecule has 0 bridgehead atoms. The Balaban J connectivity index is 1.43. The molecule has 178 valence electrons. The number of pyridine rings is 1. The second-order valence-corrected chi connectivity index (χ2v) is 8.67. The lowest BCUT2D eigenvalue weighted by atomic mass is 10.0. The summed E-state index contributed by atoms with van der Waals surface area (Å²) >= 11 is 0. The summed E-state index contributed by atoms with van der Waals surface area (Å²) in [6.07, 6.45) is 5.30. The van der Waals surface area contributed by atoms with Crippen molar-refractivity contribution in [1.82, 2.24) is 25.0 Å². The summed E-state index contributed by atoms with van der Waals surface area (Å²) in [5.74, 6) is -0.148.